The number of rotatable bonds is 13. The van der Waals surface area contributed by atoms with Gasteiger partial charge in [0.1, 0.15) is 17.8 Å². The number of aromatic hydroxyl groups is 1. The molecule has 33 heavy (non-hydrogen) atoms. The molecule has 8 N–H and O–H groups in total. The number of carbonyl (C=O) groups is 3. The molecule has 0 bridgehead atoms. The highest BCUT2D eigenvalue weighted by molar-refractivity contribution is 5.92. The Hall–Kier alpha value is -3.43. The van der Waals surface area contributed by atoms with E-state index < -0.39 is 35.9 Å². The molecule has 0 aliphatic rings. The van der Waals surface area contributed by atoms with E-state index in [4.69, 9.17) is 11.5 Å². The Labute approximate surface area is 193 Å². The molecule has 178 valence electrons. The summed E-state index contributed by atoms with van der Waals surface area (Å²) in [5, 5.41) is 24.2. The third-order valence-corrected chi connectivity index (χ3v) is 5.21. The zero-order valence-corrected chi connectivity index (χ0v) is 18.4. The minimum absolute atomic E-state index is 0.0690. The van der Waals surface area contributed by atoms with Crippen molar-refractivity contribution in [2.75, 3.05) is 6.54 Å². The third-order valence-electron chi connectivity index (χ3n) is 5.21. The lowest BCUT2D eigenvalue weighted by Gasteiger charge is -2.23. The van der Waals surface area contributed by atoms with Gasteiger partial charge in [0.15, 0.2) is 0 Å². The predicted molar refractivity (Wildman–Crippen MR) is 124 cm³/mol. The van der Waals surface area contributed by atoms with Crippen LogP contribution < -0.4 is 22.1 Å². The quantitative estimate of drug-likeness (QED) is 0.241. The Kier molecular flexibility index (Phi) is 10.3. The molecule has 0 saturated heterocycles. The molecule has 0 spiro atoms. The van der Waals surface area contributed by atoms with Gasteiger partial charge in [0.2, 0.25) is 11.8 Å². The second-order valence-electron chi connectivity index (χ2n) is 7.91. The molecule has 0 aliphatic heterocycles. The van der Waals surface area contributed by atoms with Crippen molar-refractivity contribution in [3.63, 3.8) is 0 Å². The topological polar surface area (TPSA) is 168 Å². The van der Waals surface area contributed by atoms with Gasteiger partial charge in [-0.1, -0.05) is 42.5 Å². The van der Waals surface area contributed by atoms with E-state index in [0.29, 0.717) is 24.9 Å². The Morgan fingerprint density at radius 1 is 0.818 bits per heavy atom. The molecule has 2 rings (SSSR count). The largest absolute Gasteiger partial charge is 0.508 e. The van der Waals surface area contributed by atoms with Gasteiger partial charge in [0.05, 0.1) is 6.04 Å². The van der Waals surface area contributed by atoms with E-state index in [1.165, 1.54) is 12.1 Å². The number of carboxylic acid groups (broad SMARTS) is 1. The molecule has 0 heterocycles. The molecule has 0 radical (unpaired) electrons. The maximum atomic E-state index is 13.0. The van der Waals surface area contributed by atoms with Gasteiger partial charge in [-0.05, 0) is 55.5 Å². The van der Waals surface area contributed by atoms with Crippen LogP contribution in [-0.4, -0.2) is 52.7 Å². The van der Waals surface area contributed by atoms with Crippen molar-refractivity contribution < 1.29 is 24.6 Å². The van der Waals surface area contributed by atoms with Gasteiger partial charge in [-0.2, -0.15) is 0 Å². The molecule has 3 atom stereocenters. The second kappa shape index (κ2) is 13.2. The summed E-state index contributed by atoms with van der Waals surface area (Å²) in [6.45, 7) is 0.430. The van der Waals surface area contributed by atoms with Gasteiger partial charge in [-0.15, -0.1) is 0 Å². The van der Waals surface area contributed by atoms with Gasteiger partial charge in [-0.25, -0.2) is 4.79 Å². The number of carbonyl (C=O) groups excluding carboxylic acids is 2. The number of benzene rings is 2. The molecular weight excluding hydrogens is 424 g/mol. The van der Waals surface area contributed by atoms with E-state index in [1.54, 1.807) is 12.1 Å². The van der Waals surface area contributed by atoms with Crippen LogP contribution in [0.3, 0.4) is 0 Å². The SMILES string of the molecule is NCCCCC(NC(=O)C(Cc1ccc(O)cc1)NC(=O)C(N)Cc1ccccc1)C(=O)O. The number of unbranched alkanes of at least 4 members (excludes halogenated alkanes) is 1. The average molecular weight is 457 g/mol. The van der Waals surface area contributed by atoms with E-state index in [0.717, 1.165) is 5.56 Å². The van der Waals surface area contributed by atoms with E-state index >= 15 is 0 Å². The summed E-state index contributed by atoms with van der Waals surface area (Å²) in [5.74, 6) is -2.23. The fraction of sp³-hybridized carbons (Fsp3) is 0.375. The number of aliphatic carboxylic acids is 1. The number of nitrogens with one attached hydrogen (secondary N) is 2. The summed E-state index contributed by atoms with van der Waals surface area (Å²) >= 11 is 0. The second-order valence-corrected chi connectivity index (χ2v) is 7.91. The van der Waals surface area contributed by atoms with Crippen LogP contribution in [-0.2, 0) is 27.2 Å². The van der Waals surface area contributed by atoms with Crippen LogP contribution in [0, 0.1) is 0 Å². The maximum absolute atomic E-state index is 13.0. The van der Waals surface area contributed by atoms with Crippen LogP contribution in [0.5, 0.6) is 5.75 Å². The zero-order valence-electron chi connectivity index (χ0n) is 18.4. The minimum atomic E-state index is -1.16. The first kappa shape index (κ1) is 25.8. The fourth-order valence-corrected chi connectivity index (χ4v) is 3.34. The zero-order chi connectivity index (χ0) is 24.2. The number of hydrogen-bond acceptors (Lipinski definition) is 6. The number of phenols is 1. The highest BCUT2D eigenvalue weighted by Crippen LogP contribution is 2.12. The Bertz CT molecular complexity index is 905. The molecule has 0 aromatic heterocycles. The number of amides is 2. The van der Waals surface area contributed by atoms with Crippen molar-refractivity contribution in [1.29, 1.82) is 0 Å². The molecule has 2 amide bonds. The highest BCUT2D eigenvalue weighted by atomic mass is 16.4. The summed E-state index contributed by atoms with van der Waals surface area (Å²) in [4.78, 5) is 37.3. The lowest BCUT2D eigenvalue weighted by atomic mass is 10.0. The van der Waals surface area contributed by atoms with E-state index in [9.17, 15) is 24.6 Å². The third kappa shape index (κ3) is 8.91. The van der Waals surface area contributed by atoms with E-state index in [1.807, 2.05) is 30.3 Å². The molecule has 2 aromatic rings. The number of hydrogen-bond donors (Lipinski definition) is 6. The Morgan fingerprint density at radius 2 is 1.42 bits per heavy atom. The summed E-state index contributed by atoms with van der Waals surface area (Å²) < 4.78 is 0. The summed E-state index contributed by atoms with van der Waals surface area (Å²) in [5.41, 5.74) is 13.1. The molecule has 2 aromatic carbocycles. The van der Waals surface area contributed by atoms with Crippen molar-refractivity contribution in [1.82, 2.24) is 10.6 Å². The Balaban J connectivity index is 2.12. The van der Waals surface area contributed by atoms with Crippen molar-refractivity contribution in [2.45, 2.75) is 50.2 Å². The lowest BCUT2D eigenvalue weighted by Crippen LogP contribution is -2.55. The van der Waals surface area contributed by atoms with Crippen LogP contribution in [0.15, 0.2) is 54.6 Å². The van der Waals surface area contributed by atoms with Crippen LogP contribution in [0.1, 0.15) is 30.4 Å². The molecule has 3 unspecified atom stereocenters. The van der Waals surface area contributed by atoms with Crippen LogP contribution in [0.4, 0.5) is 0 Å². The molecule has 9 nitrogen and oxygen atoms in total. The number of phenolic OH excluding ortho intramolecular Hbond substituents is 1. The van der Waals surface area contributed by atoms with Crippen LogP contribution >= 0.6 is 0 Å². The van der Waals surface area contributed by atoms with Gasteiger partial charge >= 0.3 is 5.97 Å². The van der Waals surface area contributed by atoms with Gasteiger partial charge in [0, 0.05) is 6.42 Å². The average Bonchev–Trinajstić information content (AvgIpc) is 2.79. The van der Waals surface area contributed by atoms with E-state index in [2.05, 4.69) is 10.6 Å². The smallest absolute Gasteiger partial charge is 0.326 e. The van der Waals surface area contributed by atoms with Crippen molar-refractivity contribution in [2.24, 2.45) is 11.5 Å². The van der Waals surface area contributed by atoms with Crippen LogP contribution in [0.2, 0.25) is 0 Å². The molecule has 0 fully saturated rings. The highest BCUT2D eigenvalue weighted by Gasteiger charge is 2.28. The normalized spacial score (nSPS) is 13.5. The first-order valence-corrected chi connectivity index (χ1v) is 10.9. The van der Waals surface area contributed by atoms with Gasteiger partial charge < -0.3 is 32.3 Å². The first-order valence-electron chi connectivity index (χ1n) is 10.9. The summed E-state index contributed by atoms with van der Waals surface area (Å²) in [6, 6.07) is 12.4. The minimum Gasteiger partial charge on any atom is -0.508 e. The predicted octanol–water partition coefficient (Wildman–Crippen LogP) is 0.688. The fourth-order valence-electron chi connectivity index (χ4n) is 3.34. The first-order chi connectivity index (χ1) is 15.8. The molecule has 0 aliphatic carbocycles. The summed E-state index contributed by atoms with van der Waals surface area (Å²) in [7, 11) is 0. The number of carboxylic acids is 1. The van der Waals surface area contributed by atoms with Crippen molar-refractivity contribution >= 4 is 17.8 Å². The molecule has 0 saturated carbocycles. The number of nitrogens with two attached hydrogens (primary N) is 2. The maximum Gasteiger partial charge on any atom is 0.326 e. The standard InChI is InChI=1S/C24H32N4O5/c25-13-5-4-8-20(24(32)33)27-23(31)21(15-17-9-11-18(29)12-10-17)28-22(30)19(26)14-16-6-2-1-3-7-16/h1-3,6-7,9-12,19-21,29H,4-5,8,13-15,25-26H2,(H,27,31)(H,28,30)(H,32,33). The molecular formula is C24H32N4O5. The van der Waals surface area contributed by atoms with Crippen LogP contribution in [0.25, 0.3) is 0 Å². The Morgan fingerprint density at radius 3 is 2.03 bits per heavy atom. The lowest BCUT2D eigenvalue weighted by molar-refractivity contribution is -0.142. The monoisotopic (exact) mass is 456 g/mol. The van der Waals surface area contributed by atoms with Gasteiger partial charge in [0.25, 0.3) is 0 Å². The van der Waals surface area contributed by atoms with Crippen molar-refractivity contribution in [3.05, 3.63) is 65.7 Å². The van der Waals surface area contributed by atoms with Crippen molar-refractivity contribution in [3.8, 4) is 5.75 Å². The summed E-state index contributed by atoms with van der Waals surface area (Å²) in [6.07, 6.45) is 1.81. The van der Waals surface area contributed by atoms with E-state index in [-0.39, 0.29) is 25.0 Å². The molecule has 9 heteroatoms. The van der Waals surface area contributed by atoms with Gasteiger partial charge in [-0.3, -0.25) is 9.59 Å².